The van der Waals surface area contributed by atoms with E-state index in [0.29, 0.717) is 6.54 Å². The number of anilines is 1. The van der Waals surface area contributed by atoms with E-state index in [1.54, 1.807) is 12.1 Å². The van der Waals surface area contributed by atoms with Gasteiger partial charge in [0.05, 0.1) is 13.1 Å². The molecule has 0 aliphatic rings. The molecule has 130 valence electrons. The van der Waals surface area contributed by atoms with E-state index in [2.05, 4.69) is 5.32 Å². The predicted octanol–water partition coefficient (Wildman–Crippen LogP) is 1.75. The molecule has 0 bridgehead atoms. The summed E-state index contributed by atoms with van der Waals surface area (Å²) in [6, 6.07) is 12.9. The zero-order valence-electron chi connectivity index (χ0n) is 13.9. The molecule has 0 atom stereocenters. The number of nitrogens with one attached hydrogen (secondary N) is 1. The van der Waals surface area contributed by atoms with Crippen LogP contribution in [0.5, 0.6) is 0 Å². The van der Waals surface area contributed by atoms with Crippen LogP contribution in [0.4, 0.5) is 5.69 Å². The zero-order valence-corrected chi connectivity index (χ0v) is 15.5. The van der Waals surface area contributed by atoms with E-state index < -0.39 is 10.0 Å². The maximum Gasteiger partial charge on any atom is 0.252 e. The highest BCUT2D eigenvalue weighted by Gasteiger charge is 2.19. The van der Waals surface area contributed by atoms with Crippen molar-refractivity contribution in [1.29, 1.82) is 0 Å². The van der Waals surface area contributed by atoms with Gasteiger partial charge in [-0.1, -0.05) is 18.2 Å². The van der Waals surface area contributed by atoms with Crippen molar-refractivity contribution in [3.8, 4) is 0 Å². The molecule has 0 fully saturated rings. The lowest BCUT2D eigenvalue weighted by molar-refractivity contribution is -0.119. The van der Waals surface area contributed by atoms with Crippen molar-refractivity contribution in [1.82, 2.24) is 9.62 Å². The molecule has 1 aromatic heterocycles. The first-order valence-corrected chi connectivity index (χ1v) is 9.60. The summed E-state index contributed by atoms with van der Waals surface area (Å²) < 4.78 is 25.5. The van der Waals surface area contributed by atoms with Gasteiger partial charge in [0.2, 0.25) is 5.91 Å². The van der Waals surface area contributed by atoms with Gasteiger partial charge in [0, 0.05) is 31.7 Å². The molecule has 0 aliphatic heterocycles. The van der Waals surface area contributed by atoms with Crippen LogP contribution < -0.4 is 10.2 Å². The van der Waals surface area contributed by atoms with Crippen LogP contribution in [-0.2, 0) is 21.4 Å². The van der Waals surface area contributed by atoms with Crippen molar-refractivity contribution >= 4 is 33.0 Å². The normalized spacial score (nSPS) is 11.5. The molecule has 8 heteroatoms. The van der Waals surface area contributed by atoms with Crippen molar-refractivity contribution in [2.24, 2.45) is 0 Å². The first-order valence-electron chi connectivity index (χ1n) is 7.35. The molecule has 0 radical (unpaired) electrons. The van der Waals surface area contributed by atoms with Crippen molar-refractivity contribution in [2.45, 2.75) is 10.8 Å². The van der Waals surface area contributed by atoms with Crippen molar-refractivity contribution < 1.29 is 13.2 Å². The molecule has 1 amide bonds. The summed E-state index contributed by atoms with van der Waals surface area (Å²) in [7, 11) is 1.42. The molecular weight excluding hydrogens is 346 g/mol. The Labute approximate surface area is 146 Å². The van der Waals surface area contributed by atoms with Crippen LogP contribution in [0.2, 0.25) is 0 Å². The van der Waals surface area contributed by atoms with Crippen LogP contribution in [-0.4, -0.2) is 46.3 Å². The van der Waals surface area contributed by atoms with Crippen LogP contribution in [0.25, 0.3) is 0 Å². The number of rotatable bonds is 7. The first-order chi connectivity index (χ1) is 11.3. The number of para-hydroxylation sites is 1. The van der Waals surface area contributed by atoms with E-state index in [4.69, 9.17) is 0 Å². The Morgan fingerprint density at radius 3 is 2.38 bits per heavy atom. The van der Waals surface area contributed by atoms with Crippen molar-refractivity contribution in [3.05, 3.63) is 47.3 Å². The Morgan fingerprint density at radius 1 is 1.08 bits per heavy atom. The summed E-state index contributed by atoms with van der Waals surface area (Å²) in [6.45, 7) is 0.549. The molecule has 1 heterocycles. The summed E-state index contributed by atoms with van der Waals surface area (Å²) >= 11 is 1.17. The van der Waals surface area contributed by atoms with Gasteiger partial charge in [-0.05, 0) is 24.3 Å². The van der Waals surface area contributed by atoms with Gasteiger partial charge in [-0.15, -0.1) is 11.3 Å². The lowest BCUT2D eigenvalue weighted by atomic mass is 10.3. The summed E-state index contributed by atoms with van der Waals surface area (Å²) in [5.74, 6) is -0.119. The van der Waals surface area contributed by atoms with Gasteiger partial charge in [0.1, 0.15) is 4.21 Å². The molecule has 2 rings (SSSR count). The molecule has 1 aromatic carbocycles. The van der Waals surface area contributed by atoms with E-state index in [1.165, 1.54) is 29.7 Å². The summed E-state index contributed by atoms with van der Waals surface area (Å²) in [4.78, 5) is 14.7. The Kier molecular flexibility index (Phi) is 5.98. The highest BCUT2D eigenvalue weighted by molar-refractivity contribution is 7.91. The second-order valence-corrected chi connectivity index (χ2v) is 9.02. The van der Waals surface area contributed by atoms with Crippen LogP contribution in [0.15, 0.2) is 46.7 Å². The van der Waals surface area contributed by atoms with Gasteiger partial charge in [-0.3, -0.25) is 4.79 Å². The Balaban J connectivity index is 1.90. The molecule has 0 saturated carbocycles. The molecule has 0 spiro atoms. The fourth-order valence-corrected chi connectivity index (χ4v) is 4.47. The monoisotopic (exact) mass is 367 g/mol. The number of amides is 1. The van der Waals surface area contributed by atoms with E-state index in [-0.39, 0.29) is 16.7 Å². The fraction of sp³-hybridized carbons (Fsp3) is 0.312. The van der Waals surface area contributed by atoms with Gasteiger partial charge in [0.15, 0.2) is 0 Å². The molecule has 0 aliphatic carbocycles. The van der Waals surface area contributed by atoms with Crippen molar-refractivity contribution in [2.75, 3.05) is 32.6 Å². The lowest BCUT2D eigenvalue weighted by Gasteiger charge is -2.18. The Hall–Kier alpha value is -1.90. The van der Waals surface area contributed by atoms with E-state index in [1.807, 2.05) is 42.3 Å². The minimum absolute atomic E-state index is 0.119. The highest BCUT2D eigenvalue weighted by atomic mass is 32.2. The number of carbonyl (C=O) groups excluding carboxylic acids is 1. The lowest BCUT2D eigenvalue weighted by Crippen LogP contribution is -2.34. The molecule has 0 saturated heterocycles. The van der Waals surface area contributed by atoms with Crippen LogP contribution in [0, 0.1) is 0 Å². The smallest absolute Gasteiger partial charge is 0.252 e. The second kappa shape index (κ2) is 7.78. The van der Waals surface area contributed by atoms with E-state index in [9.17, 15) is 13.2 Å². The van der Waals surface area contributed by atoms with Gasteiger partial charge >= 0.3 is 0 Å². The number of thiophene rings is 1. The number of nitrogens with zero attached hydrogens (tertiary/aromatic N) is 2. The predicted molar refractivity (Wildman–Crippen MR) is 96.8 cm³/mol. The van der Waals surface area contributed by atoms with Crippen LogP contribution in [0.3, 0.4) is 0 Å². The number of benzene rings is 1. The summed E-state index contributed by atoms with van der Waals surface area (Å²) in [5, 5.41) is 2.82. The molecular formula is C16H21N3O3S2. The molecule has 2 aromatic rings. The van der Waals surface area contributed by atoms with Crippen LogP contribution in [0.1, 0.15) is 4.88 Å². The zero-order chi connectivity index (χ0) is 17.7. The Bertz CT molecular complexity index is 786. The van der Waals surface area contributed by atoms with E-state index >= 15 is 0 Å². The number of carbonyl (C=O) groups is 1. The SMILES string of the molecule is CN(CC(=O)NCc1ccc(S(=O)(=O)N(C)C)s1)c1ccccc1. The molecule has 1 N–H and O–H groups in total. The first kappa shape index (κ1) is 18.4. The van der Waals surface area contributed by atoms with Gasteiger partial charge in [-0.25, -0.2) is 12.7 Å². The third-order valence-corrected chi connectivity index (χ3v) is 6.78. The third kappa shape index (κ3) is 4.56. The average molecular weight is 367 g/mol. The topological polar surface area (TPSA) is 69.7 Å². The summed E-state index contributed by atoms with van der Waals surface area (Å²) in [5.41, 5.74) is 0.961. The van der Waals surface area contributed by atoms with Gasteiger partial charge in [0.25, 0.3) is 10.0 Å². The fourth-order valence-electron chi connectivity index (χ4n) is 2.00. The standard InChI is InChI=1S/C16H21N3O3S2/c1-18(2)24(21,22)16-10-9-14(23-16)11-17-15(20)12-19(3)13-7-5-4-6-8-13/h4-10H,11-12H2,1-3H3,(H,17,20). The third-order valence-electron chi connectivity index (χ3n) is 3.41. The molecule has 6 nitrogen and oxygen atoms in total. The second-order valence-electron chi connectivity index (χ2n) is 5.48. The maximum atomic E-state index is 12.0. The number of hydrogen-bond donors (Lipinski definition) is 1. The van der Waals surface area contributed by atoms with Gasteiger partial charge in [-0.2, -0.15) is 0 Å². The van der Waals surface area contributed by atoms with E-state index in [0.717, 1.165) is 10.6 Å². The highest BCUT2D eigenvalue weighted by Crippen LogP contribution is 2.23. The molecule has 0 unspecified atom stereocenters. The van der Waals surface area contributed by atoms with Gasteiger partial charge < -0.3 is 10.2 Å². The Morgan fingerprint density at radius 2 is 1.75 bits per heavy atom. The summed E-state index contributed by atoms with van der Waals surface area (Å²) in [6.07, 6.45) is 0. The van der Waals surface area contributed by atoms with Crippen molar-refractivity contribution in [3.63, 3.8) is 0 Å². The van der Waals surface area contributed by atoms with Crippen LogP contribution >= 0.6 is 11.3 Å². The average Bonchev–Trinajstić information content (AvgIpc) is 3.03. The maximum absolute atomic E-state index is 12.0. The largest absolute Gasteiger partial charge is 0.365 e. The molecule has 24 heavy (non-hydrogen) atoms. The quantitative estimate of drug-likeness (QED) is 0.809. The number of hydrogen-bond acceptors (Lipinski definition) is 5. The number of sulfonamides is 1. The minimum atomic E-state index is -3.42. The number of likely N-dealkylation sites (N-methyl/N-ethyl adjacent to an activating group) is 1. The minimum Gasteiger partial charge on any atom is -0.365 e.